The van der Waals surface area contributed by atoms with E-state index in [4.69, 9.17) is 0 Å². The molecule has 3 nitrogen and oxygen atoms in total. The van der Waals surface area contributed by atoms with Crippen LogP contribution < -0.4 is 10.6 Å². The average Bonchev–Trinajstić information content (AvgIpc) is 1.69. The van der Waals surface area contributed by atoms with Crippen molar-refractivity contribution in [3.63, 3.8) is 0 Å². The van der Waals surface area contributed by atoms with Gasteiger partial charge in [0.1, 0.15) is 0 Å². The molecule has 0 saturated carbocycles. The molecule has 8 heavy (non-hydrogen) atoms. The van der Waals surface area contributed by atoms with Crippen molar-refractivity contribution in [3.05, 3.63) is 12.3 Å². The summed E-state index contributed by atoms with van der Waals surface area (Å²) in [5.41, 5.74) is 0. The van der Waals surface area contributed by atoms with E-state index in [-0.39, 0.29) is 18.4 Å². The van der Waals surface area contributed by atoms with Gasteiger partial charge in [0.15, 0.2) is 0 Å². The molecule has 2 N–H and O–H groups in total. The molecule has 0 unspecified atom stereocenters. The summed E-state index contributed by atoms with van der Waals surface area (Å²) in [6.45, 7) is 0.645. The lowest BCUT2D eigenvalue weighted by molar-refractivity contribution is 0.244. The maximum Gasteiger partial charge on any atom is 0.319 e. The van der Waals surface area contributed by atoms with Crippen LogP contribution in [0.25, 0.3) is 0 Å². The lowest BCUT2D eigenvalue weighted by atomic mass is 10.5. The molecule has 0 aromatic carbocycles. The van der Waals surface area contributed by atoms with Gasteiger partial charge in [0.25, 0.3) is 0 Å². The zero-order valence-corrected chi connectivity index (χ0v) is 4.99. The van der Waals surface area contributed by atoms with E-state index in [2.05, 4.69) is 10.6 Å². The van der Waals surface area contributed by atoms with Gasteiger partial charge in [-0.1, -0.05) is 0 Å². The standard InChI is InChI=1S/C4H6N2O.ClH/c7-4-5-2-1-3-6-4;/h1-2H,3H2,(H2,5,6,7);1H. The normalized spacial score (nSPS) is 15.8. The van der Waals surface area contributed by atoms with Crippen molar-refractivity contribution < 1.29 is 4.79 Å². The van der Waals surface area contributed by atoms with Crippen LogP contribution in [-0.4, -0.2) is 12.6 Å². The van der Waals surface area contributed by atoms with Crippen LogP contribution in [0.15, 0.2) is 12.3 Å². The zero-order chi connectivity index (χ0) is 5.11. The number of urea groups is 1. The third-order valence-corrected chi connectivity index (χ3v) is 0.713. The zero-order valence-electron chi connectivity index (χ0n) is 4.18. The molecule has 0 spiro atoms. The van der Waals surface area contributed by atoms with Crippen LogP contribution in [0.2, 0.25) is 0 Å². The molecule has 0 aliphatic carbocycles. The SMILES string of the molecule is Cl.O=C1NC=CCN1. The molecule has 0 aromatic rings. The second-order valence-corrected chi connectivity index (χ2v) is 1.26. The van der Waals surface area contributed by atoms with E-state index < -0.39 is 0 Å². The molecular formula is C4H7ClN2O. The van der Waals surface area contributed by atoms with Crippen LogP contribution in [0.1, 0.15) is 0 Å². The third kappa shape index (κ3) is 1.84. The average molecular weight is 135 g/mol. The monoisotopic (exact) mass is 134 g/mol. The molecule has 46 valence electrons. The van der Waals surface area contributed by atoms with Crippen LogP contribution in [0, 0.1) is 0 Å². The Hall–Kier alpha value is -0.700. The number of nitrogens with one attached hydrogen (secondary N) is 2. The molecule has 4 heteroatoms. The second kappa shape index (κ2) is 3.32. The number of amides is 2. The van der Waals surface area contributed by atoms with Crippen molar-refractivity contribution in [2.45, 2.75) is 0 Å². The van der Waals surface area contributed by atoms with Gasteiger partial charge in [0.2, 0.25) is 0 Å². The Morgan fingerprint density at radius 3 is 2.62 bits per heavy atom. The lowest BCUT2D eigenvalue weighted by Crippen LogP contribution is -2.35. The van der Waals surface area contributed by atoms with Crippen LogP contribution in [-0.2, 0) is 0 Å². The summed E-state index contributed by atoms with van der Waals surface area (Å²) in [4.78, 5) is 10.2. The van der Waals surface area contributed by atoms with Crippen LogP contribution in [0.3, 0.4) is 0 Å². The molecule has 0 fully saturated rings. The highest BCUT2D eigenvalue weighted by atomic mass is 35.5. The van der Waals surface area contributed by atoms with Gasteiger partial charge in [0, 0.05) is 12.7 Å². The fourth-order valence-electron chi connectivity index (χ4n) is 0.396. The third-order valence-electron chi connectivity index (χ3n) is 0.713. The summed E-state index contributed by atoms with van der Waals surface area (Å²) in [5.74, 6) is 0. The van der Waals surface area contributed by atoms with E-state index in [0.717, 1.165) is 0 Å². The highest BCUT2D eigenvalue weighted by Gasteiger charge is 1.95. The van der Waals surface area contributed by atoms with Crippen molar-refractivity contribution in [3.8, 4) is 0 Å². The molecule has 0 saturated heterocycles. The Bertz CT molecular complexity index is 113. The molecule has 1 heterocycles. The van der Waals surface area contributed by atoms with E-state index in [1.807, 2.05) is 6.08 Å². The first-order valence-corrected chi connectivity index (χ1v) is 2.09. The van der Waals surface area contributed by atoms with Gasteiger partial charge in [-0.25, -0.2) is 4.79 Å². The van der Waals surface area contributed by atoms with Crippen molar-refractivity contribution in [2.24, 2.45) is 0 Å². The predicted molar refractivity (Wildman–Crippen MR) is 32.9 cm³/mol. The van der Waals surface area contributed by atoms with Gasteiger partial charge >= 0.3 is 6.03 Å². The Morgan fingerprint density at radius 2 is 2.38 bits per heavy atom. The number of hydrogen-bond acceptors (Lipinski definition) is 1. The molecule has 1 aliphatic heterocycles. The van der Waals surface area contributed by atoms with E-state index in [1.54, 1.807) is 6.20 Å². The molecule has 0 radical (unpaired) electrons. The van der Waals surface area contributed by atoms with Crippen molar-refractivity contribution in [1.29, 1.82) is 0 Å². The fraction of sp³-hybridized carbons (Fsp3) is 0.250. The fourth-order valence-corrected chi connectivity index (χ4v) is 0.396. The lowest BCUT2D eigenvalue weighted by Gasteiger charge is -2.04. The molecule has 0 bridgehead atoms. The van der Waals surface area contributed by atoms with E-state index in [1.165, 1.54) is 0 Å². The second-order valence-electron chi connectivity index (χ2n) is 1.26. The summed E-state index contributed by atoms with van der Waals surface area (Å²) in [6.07, 6.45) is 3.46. The summed E-state index contributed by atoms with van der Waals surface area (Å²) in [7, 11) is 0. The predicted octanol–water partition coefficient (Wildman–Crippen LogP) is 0.235. The summed E-state index contributed by atoms with van der Waals surface area (Å²) in [6, 6.07) is -0.123. The van der Waals surface area contributed by atoms with Crippen molar-refractivity contribution in [1.82, 2.24) is 10.6 Å². The topological polar surface area (TPSA) is 41.1 Å². The molecular weight excluding hydrogens is 128 g/mol. The Labute approximate surface area is 53.6 Å². The smallest absolute Gasteiger partial charge is 0.319 e. The Balaban J connectivity index is 0.000000490. The minimum absolute atomic E-state index is 0. The van der Waals surface area contributed by atoms with Gasteiger partial charge in [-0.05, 0) is 6.08 Å². The van der Waals surface area contributed by atoms with Crippen LogP contribution >= 0.6 is 12.4 Å². The molecule has 1 aliphatic rings. The number of rotatable bonds is 0. The molecule has 0 atom stereocenters. The maximum atomic E-state index is 10.2. The summed E-state index contributed by atoms with van der Waals surface area (Å²) >= 11 is 0. The number of hydrogen-bond donors (Lipinski definition) is 2. The maximum absolute atomic E-state index is 10.2. The van der Waals surface area contributed by atoms with E-state index in [0.29, 0.717) is 6.54 Å². The minimum Gasteiger partial charge on any atom is -0.334 e. The molecule has 0 aromatic heterocycles. The van der Waals surface area contributed by atoms with Crippen LogP contribution in [0.4, 0.5) is 4.79 Å². The first kappa shape index (κ1) is 7.30. The van der Waals surface area contributed by atoms with Gasteiger partial charge in [-0.3, -0.25) is 0 Å². The van der Waals surface area contributed by atoms with E-state index >= 15 is 0 Å². The number of halogens is 1. The highest BCUT2D eigenvalue weighted by Crippen LogP contribution is 1.74. The number of carbonyl (C=O) groups is 1. The van der Waals surface area contributed by atoms with Gasteiger partial charge in [-0.15, -0.1) is 12.4 Å². The van der Waals surface area contributed by atoms with Gasteiger partial charge < -0.3 is 10.6 Å². The molecule has 1 rings (SSSR count). The molecule has 2 amide bonds. The summed E-state index contributed by atoms with van der Waals surface area (Å²) < 4.78 is 0. The number of carbonyl (C=O) groups excluding carboxylic acids is 1. The van der Waals surface area contributed by atoms with Crippen molar-refractivity contribution >= 4 is 18.4 Å². The minimum atomic E-state index is -0.123. The van der Waals surface area contributed by atoms with Gasteiger partial charge in [0.05, 0.1) is 0 Å². The quantitative estimate of drug-likeness (QED) is 0.490. The van der Waals surface area contributed by atoms with Crippen LogP contribution in [0.5, 0.6) is 0 Å². The van der Waals surface area contributed by atoms with Gasteiger partial charge in [-0.2, -0.15) is 0 Å². The Morgan fingerprint density at radius 1 is 1.62 bits per heavy atom. The summed E-state index contributed by atoms with van der Waals surface area (Å²) in [5, 5.41) is 5.00. The first-order chi connectivity index (χ1) is 3.39. The van der Waals surface area contributed by atoms with E-state index in [9.17, 15) is 4.79 Å². The Kier molecular flexibility index (Phi) is 3.03. The highest BCUT2D eigenvalue weighted by molar-refractivity contribution is 5.85. The van der Waals surface area contributed by atoms with Crippen molar-refractivity contribution in [2.75, 3.05) is 6.54 Å². The first-order valence-electron chi connectivity index (χ1n) is 2.09. The largest absolute Gasteiger partial charge is 0.334 e.